The highest BCUT2D eigenvalue weighted by molar-refractivity contribution is 7.99. The molecule has 0 aliphatic carbocycles. The van der Waals surface area contributed by atoms with Crippen LogP contribution in [0.5, 0.6) is 0 Å². The van der Waals surface area contributed by atoms with Gasteiger partial charge in [-0.3, -0.25) is 9.52 Å². The van der Waals surface area contributed by atoms with Gasteiger partial charge in [-0.1, -0.05) is 12.1 Å². The van der Waals surface area contributed by atoms with Crippen LogP contribution < -0.4 is 10.0 Å². The average Bonchev–Trinajstić information content (AvgIpc) is 2.62. The van der Waals surface area contributed by atoms with Gasteiger partial charge in [0.25, 0.3) is 15.9 Å². The summed E-state index contributed by atoms with van der Waals surface area (Å²) >= 11 is 1.28. The normalized spacial score (nSPS) is 14.2. The molecule has 2 aromatic rings. The van der Waals surface area contributed by atoms with Crippen molar-refractivity contribution in [3.63, 3.8) is 0 Å². The molecule has 0 saturated heterocycles. The zero-order valence-corrected chi connectivity index (χ0v) is 16.7. The second-order valence-electron chi connectivity index (χ2n) is 5.97. The van der Waals surface area contributed by atoms with Gasteiger partial charge < -0.3 is 10.4 Å². The van der Waals surface area contributed by atoms with E-state index in [1.165, 1.54) is 17.8 Å². The molecule has 0 radical (unpaired) electrons. The fourth-order valence-electron chi connectivity index (χ4n) is 2.07. The molecular formula is C17H16F4N2O4S2. The van der Waals surface area contributed by atoms with Crippen molar-refractivity contribution in [1.82, 2.24) is 0 Å². The molecular weight excluding hydrogens is 436 g/mol. The highest BCUT2D eigenvalue weighted by atomic mass is 32.2. The quantitative estimate of drug-likeness (QED) is 0.460. The van der Waals surface area contributed by atoms with Crippen LogP contribution in [0, 0.1) is 5.82 Å². The summed E-state index contributed by atoms with van der Waals surface area (Å²) in [5, 5.41) is 10.9. The molecule has 29 heavy (non-hydrogen) atoms. The number of aliphatic hydroxyl groups is 1. The fourth-order valence-corrected chi connectivity index (χ4v) is 3.78. The second-order valence-corrected chi connectivity index (χ2v) is 8.50. The SMILES string of the molecule is CSc1ccccc1NS(=O)(=O)c1ccc(NC(=O)[C@@](C)(O)C(F)(F)F)c(F)c1. The number of para-hydroxylation sites is 1. The molecule has 1 amide bonds. The molecule has 3 N–H and O–H groups in total. The van der Waals surface area contributed by atoms with Crippen molar-refractivity contribution in [1.29, 1.82) is 0 Å². The van der Waals surface area contributed by atoms with E-state index >= 15 is 0 Å². The van der Waals surface area contributed by atoms with Crippen LogP contribution in [0.3, 0.4) is 0 Å². The molecule has 0 unspecified atom stereocenters. The Bertz CT molecular complexity index is 1020. The average molecular weight is 452 g/mol. The summed E-state index contributed by atoms with van der Waals surface area (Å²) in [6, 6.07) is 8.73. The minimum absolute atomic E-state index is 0.214. The zero-order valence-electron chi connectivity index (χ0n) is 15.0. The number of carbonyl (C=O) groups excluding carboxylic acids is 1. The summed E-state index contributed by atoms with van der Waals surface area (Å²) in [6.45, 7) is 0.214. The molecule has 1 atom stereocenters. The molecule has 158 valence electrons. The lowest BCUT2D eigenvalue weighted by atomic mass is 10.1. The van der Waals surface area contributed by atoms with E-state index in [0.717, 1.165) is 12.1 Å². The lowest BCUT2D eigenvalue weighted by Gasteiger charge is -2.25. The first-order valence-corrected chi connectivity index (χ1v) is 10.6. The van der Waals surface area contributed by atoms with E-state index in [-0.39, 0.29) is 12.6 Å². The summed E-state index contributed by atoms with van der Waals surface area (Å²) in [5.74, 6) is -3.20. The van der Waals surface area contributed by atoms with Gasteiger partial charge in [-0.25, -0.2) is 12.8 Å². The maximum absolute atomic E-state index is 14.2. The third-order valence-electron chi connectivity index (χ3n) is 3.84. The predicted octanol–water partition coefficient (Wildman–Crippen LogP) is 3.60. The van der Waals surface area contributed by atoms with Crippen LogP contribution in [0.4, 0.5) is 28.9 Å². The van der Waals surface area contributed by atoms with Gasteiger partial charge >= 0.3 is 6.18 Å². The van der Waals surface area contributed by atoms with Crippen LogP contribution in [0.1, 0.15) is 6.92 Å². The highest BCUT2D eigenvalue weighted by Crippen LogP contribution is 2.32. The van der Waals surface area contributed by atoms with E-state index in [2.05, 4.69) is 4.72 Å². The van der Waals surface area contributed by atoms with E-state index in [1.54, 1.807) is 29.8 Å². The van der Waals surface area contributed by atoms with Crippen LogP contribution >= 0.6 is 11.8 Å². The molecule has 0 aliphatic heterocycles. The Morgan fingerprint density at radius 1 is 1.10 bits per heavy atom. The van der Waals surface area contributed by atoms with Crippen molar-refractivity contribution in [2.24, 2.45) is 0 Å². The number of thioether (sulfide) groups is 1. The molecule has 0 aliphatic rings. The van der Waals surface area contributed by atoms with E-state index in [0.29, 0.717) is 11.0 Å². The van der Waals surface area contributed by atoms with E-state index in [9.17, 15) is 35.9 Å². The standard InChI is InChI=1S/C17H16F4N2O4S2/c1-16(25,17(19,20)21)15(24)22-12-8-7-10(9-11(12)18)29(26,27)23-13-5-3-4-6-14(13)28-2/h3-9,23,25H,1-2H3,(H,22,24)/t16-/m1/s1. The van der Waals surface area contributed by atoms with Gasteiger partial charge in [0, 0.05) is 4.90 Å². The van der Waals surface area contributed by atoms with Gasteiger partial charge in [0.05, 0.1) is 16.3 Å². The second kappa shape index (κ2) is 8.20. The van der Waals surface area contributed by atoms with Gasteiger partial charge in [-0.05, 0) is 43.5 Å². The van der Waals surface area contributed by atoms with Gasteiger partial charge in [-0.2, -0.15) is 13.2 Å². The van der Waals surface area contributed by atoms with E-state index in [4.69, 9.17) is 0 Å². The molecule has 0 bridgehead atoms. The Kier molecular flexibility index (Phi) is 6.50. The smallest absolute Gasteiger partial charge is 0.373 e. The Hall–Kier alpha value is -2.31. The number of amides is 1. The number of hydrogen-bond acceptors (Lipinski definition) is 5. The zero-order chi connectivity index (χ0) is 22.0. The number of anilines is 2. The molecule has 0 heterocycles. The minimum atomic E-state index is -5.29. The molecule has 6 nitrogen and oxygen atoms in total. The van der Waals surface area contributed by atoms with Crippen molar-refractivity contribution < 1.29 is 35.9 Å². The summed E-state index contributed by atoms with van der Waals surface area (Å²) in [4.78, 5) is 11.8. The minimum Gasteiger partial charge on any atom is -0.373 e. The number of sulfonamides is 1. The first-order chi connectivity index (χ1) is 13.3. The number of benzene rings is 2. The summed E-state index contributed by atoms with van der Waals surface area (Å²) in [5.41, 5.74) is -4.21. The van der Waals surface area contributed by atoms with Gasteiger partial charge in [0.15, 0.2) is 0 Å². The maximum Gasteiger partial charge on any atom is 0.426 e. The van der Waals surface area contributed by atoms with Crippen LogP contribution in [0.15, 0.2) is 52.3 Å². The monoisotopic (exact) mass is 452 g/mol. The van der Waals surface area contributed by atoms with Crippen molar-refractivity contribution in [3.8, 4) is 0 Å². The number of hydrogen-bond donors (Lipinski definition) is 3. The van der Waals surface area contributed by atoms with E-state index < -0.39 is 44.1 Å². The largest absolute Gasteiger partial charge is 0.426 e. The third-order valence-corrected chi connectivity index (χ3v) is 6.00. The summed E-state index contributed by atoms with van der Waals surface area (Å²) < 4.78 is 79.5. The summed E-state index contributed by atoms with van der Waals surface area (Å²) in [6.07, 6.45) is -3.55. The topological polar surface area (TPSA) is 95.5 Å². The van der Waals surface area contributed by atoms with Gasteiger partial charge in [-0.15, -0.1) is 11.8 Å². The van der Waals surface area contributed by atoms with Crippen LogP contribution in [0.25, 0.3) is 0 Å². The highest BCUT2D eigenvalue weighted by Gasteiger charge is 2.55. The Labute approximate surface area is 168 Å². The molecule has 0 fully saturated rings. The molecule has 2 aromatic carbocycles. The first kappa shape index (κ1) is 23.0. The number of nitrogens with one attached hydrogen (secondary N) is 2. The van der Waals surface area contributed by atoms with Crippen molar-refractivity contribution in [2.75, 3.05) is 16.3 Å². The van der Waals surface area contributed by atoms with Gasteiger partial charge in [0.2, 0.25) is 5.60 Å². The lowest BCUT2D eigenvalue weighted by Crippen LogP contribution is -2.52. The summed E-state index contributed by atoms with van der Waals surface area (Å²) in [7, 11) is -4.21. The first-order valence-electron chi connectivity index (χ1n) is 7.85. The molecule has 0 saturated carbocycles. The van der Waals surface area contributed by atoms with E-state index in [1.807, 2.05) is 0 Å². The maximum atomic E-state index is 14.2. The Balaban J connectivity index is 2.28. The molecule has 12 heteroatoms. The number of halogens is 4. The van der Waals surface area contributed by atoms with Crippen LogP contribution in [-0.4, -0.2) is 37.5 Å². The van der Waals surface area contributed by atoms with Crippen molar-refractivity contribution in [2.45, 2.75) is 28.5 Å². The fraction of sp³-hybridized carbons (Fsp3) is 0.235. The number of rotatable bonds is 6. The third kappa shape index (κ3) is 5.00. The van der Waals surface area contributed by atoms with Gasteiger partial charge in [0.1, 0.15) is 5.82 Å². The van der Waals surface area contributed by atoms with Crippen LogP contribution in [0.2, 0.25) is 0 Å². The van der Waals surface area contributed by atoms with Crippen molar-refractivity contribution in [3.05, 3.63) is 48.3 Å². The molecule has 0 spiro atoms. The Morgan fingerprint density at radius 3 is 2.28 bits per heavy atom. The predicted molar refractivity (Wildman–Crippen MR) is 101 cm³/mol. The van der Waals surface area contributed by atoms with Crippen LogP contribution in [-0.2, 0) is 14.8 Å². The molecule has 0 aromatic heterocycles. The Morgan fingerprint density at radius 2 is 1.72 bits per heavy atom. The van der Waals surface area contributed by atoms with Crippen molar-refractivity contribution >= 4 is 39.1 Å². The molecule has 2 rings (SSSR count). The lowest BCUT2D eigenvalue weighted by molar-refractivity contribution is -0.242. The number of alkyl halides is 3. The number of carbonyl (C=O) groups is 1.